The molecule has 0 bridgehead atoms. The normalized spacial score (nSPS) is 14.4. The van der Waals surface area contributed by atoms with Crippen LogP contribution in [0.15, 0.2) is 41.6 Å². The number of benzene rings is 2. The molecule has 0 unspecified atom stereocenters. The van der Waals surface area contributed by atoms with Gasteiger partial charge >= 0.3 is 0 Å². The second kappa shape index (κ2) is 9.17. The lowest BCUT2D eigenvalue weighted by molar-refractivity contribution is 0.356. The minimum absolute atomic E-state index is 0.181. The highest BCUT2D eigenvalue weighted by Crippen LogP contribution is 2.37. The molecule has 10 heteroatoms. The molecule has 0 radical (unpaired) electrons. The van der Waals surface area contributed by atoms with Crippen molar-refractivity contribution in [3.63, 3.8) is 0 Å². The maximum absolute atomic E-state index is 12.5. The number of sulfonamides is 1. The summed E-state index contributed by atoms with van der Waals surface area (Å²) < 4.78 is 38.1. The molecule has 0 amide bonds. The Labute approximate surface area is 187 Å². The monoisotopic (exact) mass is 457 g/mol. The van der Waals surface area contributed by atoms with E-state index in [0.29, 0.717) is 28.5 Å². The Balaban J connectivity index is 1.83. The molecule has 1 fully saturated rings. The number of fused-ring (bicyclic) bond motifs is 1. The summed E-state index contributed by atoms with van der Waals surface area (Å²) in [5, 5.41) is 4.09. The van der Waals surface area contributed by atoms with Crippen molar-refractivity contribution in [2.45, 2.75) is 24.2 Å². The molecule has 0 spiro atoms. The maximum atomic E-state index is 12.5. The van der Waals surface area contributed by atoms with Crippen molar-refractivity contribution in [1.82, 2.24) is 14.7 Å². The third kappa shape index (κ3) is 4.28. The quantitative estimate of drug-likeness (QED) is 0.557. The molecular weight excluding hydrogens is 430 g/mol. The van der Waals surface area contributed by atoms with Gasteiger partial charge in [0.05, 0.1) is 36.0 Å². The molecule has 2 aromatic carbocycles. The summed E-state index contributed by atoms with van der Waals surface area (Å²) in [7, 11) is 0.944. The number of hydrogen-bond donors (Lipinski definition) is 2. The van der Waals surface area contributed by atoms with Crippen molar-refractivity contribution in [1.29, 1.82) is 0 Å². The zero-order valence-electron chi connectivity index (χ0n) is 18.4. The highest BCUT2D eigenvalue weighted by atomic mass is 32.2. The molecule has 3 aromatic rings. The van der Waals surface area contributed by atoms with Gasteiger partial charge in [0.15, 0.2) is 11.5 Å². The van der Waals surface area contributed by atoms with Gasteiger partial charge in [0.25, 0.3) is 0 Å². The molecule has 32 heavy (non-hydrogen) atoms. The second-order valence-electron chi connectivity index (χ2n) is 7.51. The molecule has 0 atom stereocenters. The fourth-order valence-electron chi connectivity index (χ4n) is 3.92. The van der Waals surface area contributed by atoms with Crippen LogP contribution in [0.1, 0.15) is 19.3 Å². The first-order valence-electron chi connectivity index (χ1n) is 10.4. The third-order valence-corrected chi connectivity index (χ3v) is 7.05. The second-order valence-corrected chi connectivity index (χ2v) is 9.39. The molecule has 1 saturated heterocycles. The summed E-state index contributed by atoms with van der Waals surface area (Å²) in [6.07, 6.45) is 4.86. The Bertz CT molecular complexity index is 1230. The molecule has 9 nitrogen and oxygen atoms in total. The molecule has 170 valence electrons. The predicted molar refractivity (Wildman–Crippen MR) is 125 cm³/mol. The van der Waals surface area contributed by atoms with E-state index in [1.165, 1.54) is 19.8 Å². The fraction of sp³-hybridized carbons (Fsp3) is 0.364. The Hall–Kier alpha value is -3.11. The van der Waals surface area contributed by atoms with Gasteiger partial charge in [-0.3, -0.25) is 0 Å². The zero-order valence-corrected chi connectivity index (χ0v) is 19.2. The van der Waals surface area contributed by atoms with Crippen LogP contribution < -0.4 is 24.4 Å². The van der Waals surface area contributed by atoms with E-state index < -0.39 is 10.0 Å². The SMILES string of the molecule is CNS(=O)(=O)c1ccc(N2CCCCC2)c(Nc2ncnc3cc(OC)c(OC)cc23)c1. The van der Waals surface area contributed by atoms with Crippen molar-refractivity contribution in [3.8, 4) is 11.5 Å². The van der Waals surface area contributed by atoms with Gasteiger partial charge in [0.1, 0.15) is 12.1 Å². The lowest BCUT2D eigenvalue weighted by atomic mass is 10.1. The van der Waals surface area contributed by atoms with Crippen molar-refractivity contribution >= 4 is 38.1 Å². The minimum atomic E-state index is -3.60. The van der Waals surface area contributed by atoms with Gasteiger partial charge in [-0.2, -0.15) is 0 Å². The topological polar surface area (TPSA) is 106 Å². The number of ether oxygens (including phenoxy) is 2. The molecule has 0 aliphatic carbocycles. The first-order valence-corrected chi connectivity index (χ1v) is 11.9. The van der Waals surface area contributed by atoms with Crippen molar-refractivity contribution in [2.75, 3.05) is 44.6 Å². The molecule has 1 aliphatic heterocycles. The summed E-state index contributed by atoms with van der Waals surface area (Å²) in [6.45, 7) is 1.84. The fourth-order valence-corrected chi connectivity index (χ4v) is 4.68. The number of methoxy groups -OCH3 is 2. The van der Waals surface area contributed by atoms with Gasteiger partial charge in [0, 0.05) is 24.5 Å². The summed E-state index contributed by atoms with van der Waals surface area (Å²) in [5.41, 5.74) is 2.28. The molecule has 0 saturated carbocycles. The van der Waals surface area contributed by atoms with Crippen molar-refractivity contribution < 1.29 is 17.9 Å². The van der Waals surface area contributed by atoms with Gasteiger partial charge in [-0.1, -0.05) is 0 Å². The van der Waals surface area contributed by atoms with E-state index in [4.69, 9.17) is 9.47 Å². The van der Waals surface area contributed by atoms with Gasteiger partial charge in [-0.15, -0.1) is 0 Å². The van der Waals surface area contributed by atoms with E-state index >= 15 is 0 Å². The predicted octanol–water partition coefficient (Wildman–Crippen LogP) is 3.29. The highest BCUT2D eigenvalue weighted by Gasteiger charge is 2.20. The Morgan fingerprint density at radius 3 is 2.38 bits per heavy atom. The minimum Gasteiger partial charge on any atom is -0.493 e. The smallest absolute Gasteiger partial charge is 0.240 e. The number of nitrogens with zero attached hydrogens (tertiary/aromatic N) is 3. The van der Waals surface area contributed by atoms with E-state index in [2.05, 4.69) is 24.9 Å². The average Bonchev–Trinajstić information content (AvgIpc) is 2.83. The Morgan fingerprint density at radius 2 is 1.69 bits per heavy atom. The number of hydrogen-bond acceptors (Lipinski definition) is 8. The largest absolute Gasteiger partial charge is 0.493 e. The van der Waals surface area contributed by atoms with Crippen LogP contribution >= 0.6 is 0 Å². The van der Waals surface area contributed by atoms with Crippen LogP contribution in [0, 0.1) is 0 Å². The lowest BCUT2D eigenvalue weighted by Crippen LogP contribution is -2.30. The molecule has 1 aromatic heterocycles. The Kier molecular flexibility index (Phi) is 6.33. The van der Waals surface area contributed by atoms with Gasteiger partial charge < -0.3 is 19.7 Å². The van der Waals surface area contributed by atoms with E-state index in [9.17, 15) is 8.42 Å². The number of piperidine rings is 1. The summed E-state index contributed by atoms with van der Waals surface area (Å²) in [6, 6.07) is 8.72. The van der Waals surface area contributed by atoms with Crippen molar-refractivity contribution in [2.24, 2.45) is 0 Å². The van der Waals surface area contributed by atoms with Gasteiger partial charge in [0.2, 0.25) is 10.0 Å². The van der Waals surface area contributed by atoms with Crippen LogP contribution in [-0.2, 0) is 10.0 Å². The van der Waals surface area contributed by atoms with E-state index in [1.54, 1.807) is 32.4 Å². The molecule has 1 aliphatic rings. The zero-order chi connectivity index (χ0) is 22.7. The highest BCUT2D eigenvalue weighted by molar-refractivity contribution is 7.89. The summed E-state index contributed by atoms with van der Waals surface area (Å²) in [5.74, 6) is 1.68. The van der Waals surface area contributed by atoms with Crippen LogP contribution in [-0.4, -0.2) is 52.7 Å². The van der Waals surface area contributed by atoms with E-state index in [0.717, 1.165) is 37.0 Å². The average molecular weight is 458 g/mol. The molecule has 2 N–H and O–H groups in total. The van der Waals surface area contributed by atoms with Crippen molar-refractivity contribution in [3.05, 3.63) is 36.7 Å². The van der Waals surface area contributed by atoms with Crippen LogP contribution in [0.4, 0.5) is 17.2 Å². The van der Waals surface area contributed by atoms with Crippen LogP contribution in [0.5, 0.6) is 11.5 Å². The number of nitrogens with one attached hydrogen (secondary N) is 2. The standard InChI is InChI=1S/C22H27N5O4S/c1-23-32(28,29)15-7-8-19(27-9-5-4-6-10-27)18(11-15)26-22-16-12-20(30-2)21(31-3)13-17(16)24-14-25-22/h7-8,11-14,23H,4-6,9-10H2,1-3H3,(H,24,25,26). The van der Waals surface area contributed by atoms with Crippen LogP contribution in [0.2, 0.25) is 0 Å². The Morgan fingerprint density at radius 1 is 0.969 bits per heavy atom. The first-order chi connectivity index (χ1) is 15.5. The number of anilines is 3. The molecular formula is C22H27N5O4S. The van der Waals surface area contributed by atoms with Gasteiger partial charge in [-0.25, -0.2) is 23.1 Å². The van der Waals surface area contributed by atoms with E-state index in [1.807, 2.05) is 12.1 Å². The first kappa shape index (κ1) is 22.1. The maximum Gasteiger partial charge on any atom is 0.240 e. The van der Waals surface area contributed by atoms with Crippen LogP contribution in [0.3, 0.4) is 0 Å². The summed E-state index contributed by atoms with van der Waals surface area (Å²) in [4.78, 5) is 11.2. The summed E-state index contributed by atoms with van der Waals surface area (Å²) >= 11 is 0. The molecule has 2 heterocycles. The lowest BCUT2D eigenvalue weighted by Gasteiger charge is -2.31. The molecule has 4 rings (SSSR count). The van der Waals surface area contributed by atoms with Gasteiger partial charge in [-0.05, 0) is 50.6 Å². The van der Waals surface area contributed by atoms with E-state index in [-0.39, 0.29) is 4.90 Å². The number of aromatic nitrogens is 2. The van der Waals surface area contributed by atoms with Crippen LogP contribution in [0.25, 0.3) is 10.9 Å². The number of rotatable bonds is 7. The third-order valence-electron chi connectivity index (χ3n) is 5.64.